The number of benzene rings is 3. The first-order chi connectivity index (χ1) is 9.95. The van der Waals surface area contributed by atoms with E-state index in [0.29, 0.717) is 0 Å². The average Bonchev–Trinajstić information content (AvgIpc) is 2.46. The van der Waals surface area contributed by atoms with E-state index in [1.807, 2.05) is 6.07 Å². The third-order valence-electron chi connectivity index (χ3n) is 3.89. The highest BCUT2D eigenvalue weighted by atomic mass is 35.5. The van der Waals surface area contributed by atoms with Gasteiger partial charge in [-0.3, -0.25) is 0 Å². The Morgan fingerprint density at radius 3 is 2.19 bits per heavy atom. The Balaban J connectivity index is 2.17. The highest BCUT2D eigenvalue weighted by Crippen LogP contribution is 2.34. The van der Waals surface area contributed by atoms with Crippen LogP contribution in [0.1, 0.15) is 26.3 Å². The average molecular weight is 295 g/mol. The number of hydrogen-bond donors (Lipinski definition) is 0. The molecule has 1 heteroatoms. The van der Waals surface area contributed by atoms with Crippen LogP contribution in [0.3, 0.4) is 0 Å². The Hall–Kier alpha value is -1.79. The fourth-order valence-electron chi connectivity index (χ4n) is 2.57. The van der Waals surface area contributed by atoms with E-state index in [4.69, 9.17) is 11.6 Å². The fourth-order valence-corrected chi connectivity index (χ4v) is 2.80. The molecule has 0 aliphatic carbocycles. The van der Waals surface area contributed by atoms with Gasteiger partial charge in [0.2, 0.25) is 0 Å². The summed E-state index contributed by atoms with van der Waals surface area (Å²) < 4.78 is 0. The monoisotopic (exact) mass is 294 g/mol. The van der Waals surface area contributed by atoms with Crippen molar-refractivity contribution in [1.29, 1.82) is 0 Å². The molecule has 0 nitrogen and oxygen atoms in total. The molecule has 21 heavy (non-hydrogen) atoms. The Morgan fingerprint density at radius 2 is 1.48 bits per heavy atom. The smallest absolute Gasteiger partial charge is 0.0484 e. The topological polar surface area (TPSA) is 0 Å². The molecule has 0 radical (unpaired) electrons. The molecule has 0 unspecified atom stereocenters. The molecule has 0 aromatic heterocycles. The molecule has 0 aliphatic heterocycles. The normalized spacial score (nSPS) is 11.8. The molecule has 106 valence electrons. The lowest BCUT2D eigenvalue weighted by molar-refractivity contribution is 0.590. The summed E-state index contributed by atoms with van der Waals surface area (Å²) in [6, 6.07) is 21.3. The van der Waals surface area contributed by atoms with Gasteiger partial charge in [-0.1, -0.05) is 74.8 Å². The van der Waals surface area contributed by atoms with Gasteiger partial charge >= 0.3 is 0 Å². The van der Waals surface area contributed by atoms with Crippen molar-refractivity contribution in [3.63, 3.8) is 0 Å². The van der Waals surface area contributed by atoms with E-state index >= 15 is 0 Å². The minimum atomic E-state index is 0.121. The molecule has 0 bridgehead atoms. The highest BCUT2D eigenvalue weighted by molar-refractivity contribution is 6.33. The second-order valence-electron chi connectivity index (χ2n) is 6.51. The second-order valence-corrected chi connectivity index (χ2v) is 6.91. The predicted molar refractivity (Wildman–Crippen MR) is 93.1 cm³/mol. The van der Waals surface area contributed by atoms with Gasteiger partial charge in [-0.15, -0.1) is 0 Å². The number of hydrogen-bond acceptors (Lipinski definition) is 0. The SMILES string of the molecule is CC(C)(C)c1ccc(Cl)c(-c2ccc3ccccc3c2)c1. The van der Waals surface area contributed by atoms with Crippen molar-refractivity contribution in [2.24, 2.45) is 0 Å². The zero-order valence-corrected chi connectivity index (χ0v) is 13.4. The van der Waals surface area contributed by atoms with Crippen LogP contribution in [0, 0.1) is 0 Å². The first-order valence-corrected chi connectivity index (χ1v) is 7.62. The van der Waals surface area contributed by atoms with Crippen LogP contribution in [0.2, 0.25) is 5.02 Å². The summed E-state index contributed by atoms with van der Waals surface area (Å²) in [6.07, 6.45) is 0. The van der Waals surface area contributed by atoms with Crippen LogP contribution in [0.5, 0.6) is 0 Å². The first-order valence-electron chi connectivity index (χ1n) is 7.24. The Morgan fingerprint density at radius 1 is 0.762 bits per heavy atom. The highest BCUT2D eigenvalue weighted by Gasteiger charge is 2.15. The number of fused-ring (bicyclic) bond motifs is 1. The van der Waals surface area contributed by atoms with Gasteiger partial charge in [-0.2, -0.15) is 0 Å². The molecule has 3 aromatic rings. The molecular formula is C20H19Cl. The van der Waals surface area contributed by atoms with E-state index in [-0.39, 0.29) is 5.41 Å². The van der Waals surface area contributed by atoms with E-state index < -0.39 is 0 Å². The van der Waals surface area contributed by atoms with Crippen molar-refractivity contribution in [3.05, 3.63) is 71.2 Å². The summed E-state index contributed by atoms with van der Waals surface area (Å²) in [7, 11) is 0. The van der Waals surface area contributed by atoms with E-state index in [2.05, 4.69) is 75.4 Å². The molecule has 0 atom stereocenters. The lowest BCUT2D eigenvalue weighted by Gasteiger charge is -2.20. The zero-order valence-electron chi connectivity index (χ0n) is 12.7. The van der Waals surface area contributed by atoms with Crippen molar-refractivity contribution in [1.82, 2.24) is 0 Å². The molecule has 0 spiro atoms. The predicted octanol–water partition coefficient (Wildman–Crippen LogP) is 6.46. The summed E-state index contributed by atoms with van der Waals surface area (Å²) in [5.74, 6) is 0. The lowest BCUT2D eigenvalue weighted by Crippen LogP contribution is -2.10. The van der Waals surface area contributed by atoms with E-state index in [9.17, 15) is 0 Å². The number of halogens is 1. The Labute approximate surface area is 131 Å². The third-order valence-corrected chi connectivity index (χ3v) is 4.22. The van der Waals surface area contributed by atoms with Gasteiger partial charge in [-0.25, -0.2) is 0 Å². The molecule has 0 N–H and O–H groups in total. The first kappa shape index (κ1) is 14.2. The van der Waals surface area contributed by atoms with E-state index in [1.165, 1.54) is 21.9 Å². The minimum absolute atomic E-state index is 0.121. The maximum Gasteiger partial charge on any atom is 0.0484 e. The third kappa shape index (κ3) is 2.82. The molecule has 0 fully saturated rings. The summed E-state index contributed by atoms with van der Waals surface area (Å²) in [4.78, 5) is 0. The van der Waals surface area contributed by atoms with Crippen LogP contribution in [0.25, 0.3) is 21.9 Å². The van der Waals surface area contributed by atoms with Crippen molar-refractivity contribution >= 4 is 22.4 Å². The maximum absolute atomic E-state index is 6.43. The molecular weight excluding hydrogens is 276 g/mol. The molecule has 0 amide bonds. The molecule has 0 saturated carbocycles. The molecule has 3 rings (SSSR count). The van der Waals surface area contributed by atoms with Crippen molar-refractivity contribution in [2.45, 2.75) is 26.2 Å². The summed E-state index contributed by atoms with van der Waals surface area (Å²) in [5.41, 5.74) is 3.70. The van der Waals surface area contributed by atoms with Crippen molar-refractivity contribution in [3.8, 4) is 11.1 Å². The molecule has 3 aromatic carbocycles. The molecule has 0 heterocycles. The van der Waals surface area contributed by atoms with Crippen LogP contribution in [-0.4, -0.2) is 0 Å². The largest absolute Gasteiger partial charge is 0.0837 e. The van der Waals surface area contributed by atoms with Crippen LogP contribution in [0.15, 0.2) is 60.7 Å². The Bertz CT molecular complexity index is 794. The van der Waals surface area contributed by atoms with Crippen LogP contribution >= 0.6 is 11.6 Å². The van der Waals surface area contributed by atoms with Gasteiger partial charge in [0, 0.05) is 10.6 Å². The van der Waals surface area contributed by atoms with Gasteiger partial charge in [-0.05, 0) is 45.5 Å². The lowest BCUT2D eigenvalue weighted by atomic mass is 9.85. The summed E-state index contributed by atoms with van der Waals surface area (Å²) in [5, 5.41) is 3.30. The number of rotatable bonds is 1. The summed E-state index contributed by atoms with van der Waals surface area (Å²) >= 11 is 6.43. The van der Waals surface area contributed by atoms with Crippen molar-refractivity contribution in [2.75, 3.05) is 0 Å². The molecule has 0 aliphatic rings. The van der Waals surface area contributed by atoms with Crippen LogP contribution < -0.4 is 0 Å². The van der Waals surface area contributed by atoms with Crippen molar-refractivity contribution < 1.29 is 0 Å². The van der Waals surface area contributed by atoms with Gasteiger partial charge in [0.15, 0.2) is 0 Å². The zero-order chi connectivity index (χ0) is 15.0. The van der Waals surface area contributed by atoms with Crippen LogP contribution in [-0.2, 0) is 5.41 Å². The van der Waals surface area contributed by atoms with Gasteiger partial charge < -0.3 is 0 Å². The van der Waals surface area contributed by atoms with Gasteiger partial charge in [0.1, 0.15) is 0 Å². The second kappa shape index (κ2) is 5.20. The van der Waals surface area contributed by atoms with Gasteiger partial charge in [0.05, 0.1) is 0 Å². The standard InChI is InChI=1S/C20H19Cl/c1-20(2,3)17-10-11-19(21)18(13-17)16-9-8-14-6-4-5-7-15(14)12-16/h4-13H,1-3H3. The Kier molecular flexibility index (Phi) is 3.51. The quantitative estimate of drug-likeness (QED) is 0.483. The minimum Gasteiger partial charge on any atom is -0.0837 e. The fraction of sp³-hybridized carbons (Fsp3) is 0.200. The maximum atomic E-state index is 6.43. The van der Waals surface area contributed by atoms with Gasteiger partial charge in [0.25, 0.3) is 0 Å². The van der Waals surface area contributed by atoms with Crippen LogP contribution in [0.4, 0.5) is 0 Å². The van der Waals surface area contributed by atoms with E-state index in [1.54, 1.807) is 0 Å². The summed E-state index contributed by atoms with van der Waals surface area (Å²) in [6.45, 7) is 6.67. The van der Waals surface area contributed by atoms with E-state index in [0.717, 1.165) is 10.6 Å². The molecule has 0 saturated heterocycles.